The van der Waals surface area contributed by atoms with Gasteiger partial charge in [0.2, 0.25) is 0 Å². The molecule has 0 fully saturated rings. The van der Waals surface area contributed by atoms with Gasteiger partial charge < -0.3 is 9.88 Å². The molecule has 1 amide bonds. The van der Waals surface area contributed by atoms with E-state index in [0.29, 0.717) is 34.8 Å². The van der Waals surface area contributed by atoms with Gasteiger partial charge in [-0.2, -0.15) is 0 Å². The van der Waals surface area contributed by atoms with E-state index in [-0.39, 0.29) is 11.7 Å². The Morgan fingerprint density at radius 1 is 1.29 bits per heavy atom. The van der Waals surface area contributed by atoms with E-state index >= 15 is 0 Å². The van der Waals surface area contributed by atoms with Gasteiger partial charge in [0.25, 0.3) is 5.91 Å². The van der Waals surface area contributed by atoms with Crippen molar-refractivity contribution in [1.29, 1.82) is 0 Å². The first kappa shape index (κ1) is 14.9. The van der Waals surface area contributed by atoms with Gasteiger partial charge in [0.05, 0.1) is 29.7 Å². The van der Waals surface area contributed by atoms with E-state index in [9.17, 15) is 9.59 Å². The highest BCUT2D eigenvalue weighted by Crippen LogP contribution is 2.20. The Hall–Kier alpha value is -2.50. The van der Waals surface area contributed by atoms with Gasteiger partial charge >= 0.3 is 0 Å². The molecule has 0 saturated carbocycles. The summed E-state index contributed by atoms with van der Waals surface area (Å²) in [5, 5.41) is 0. The zero-order valence-electron chi connectivity index (χ0n) is 12.6. The molecule has 6 nitrogen and oxygen atoms in total. The maximum atomic E-state index is 12.6. The molecule has 0 aliphatic carbocycles. The van der Waals surface area contributed by atoms with Gasteiger partial charge in [-0.25, -0.2) is 0 Å². The minimum absolute atomic E-state index is 0.0776. The molecule has 0 radical (unpaired) electrons. The molecule has 1 N–H and O–H groups in total. The molecule has 0 bridgehead atoms. The number of H-pyrrole nitrogens is 1. The van der Waals surface area contributed by atoms with Crippen LogP contribution in [0, 0.1) is 13.8 Å². The number of rotatable bonds is 4. The fraction of sp³-hybridized carbons (Fsp3) is 0.333. The van der Waals surface area contributed by atoms with Gasteiger partial charge in [-0.3, -0.25) is 19.6 Å². The van der Waals surface area contributed by atoms with Crippen molar-refractivity contribution in [3.63, 3.8) is 0 Å². The number of hydrogen-bond acceptors (Lipinski definition) is 4. The number of carbonyl (C=O) groups is 2. The van der Waals surface area contributed by atoms with E-state index in [2.05, 4.69) is 15.0 Å². The topological polar surface area (TPSA) is 79.0 Å². The van der Waals surface area contributed by atoms with Crippen LogP contribution in [0.15, 0.2) is 18.6 Å². The summed E-state index contributed by atoms with van der Waals surface area (Å²) >= 11 is 0. The molecule has 0 aliphatic heterocycles. The van der Waals surface area contributed by atoms with Crippen LogP contribution in [-0.2, 0) is 6.54 Å². The highest BCUT2D eigenvalue weighted by atomic mass is 16.2. The summed E-state index contributed by atoms with van der Waals surface area (Å²) in [6.07, 6.45) is 4.81. The molecule has 0 atom stereocenters. The van der Waals surface area contributed by atoms with Crippen LogP contribution in [0.3, 0.4) is 0 Å². The summed E-state index contributed by atoms with van der Waals surface area (Å²) in [4.78, 5) is 36.8. The Labute approximate surface area is 123 Å². The molecule has 2 heterocycles. The van der Waals surface area contributed by atoms with Crippen LogP contribution in [0.1, 0.15) is 44.7 Å². The zero-order valence-corrected chi connectivity index (χ0v) is 12.6. The largest absolute Gasteiger partial charge is 0.355 e. The van der Waals surface area contributed by atoms with Crippen LogP contribution in [0.4, 0.5) is 0 Å². The summed E-state index contributed by atoms with van der Waals surface area (Å²) in [6, 6.07) is 0. The lowest BCUT2D eigenvalue weighted by atomic mass is 10.1. The van der Waals surface area contributed by atoms with Gasteiger partial charge in [-0.15, -0.1) is 0 Å². The Balaban J connectivity index is 2.26. The summed E-state index contributed by atoms with van der Waals surface area (Å²) in [7, 11) is 1.70. The lowest BCUT2D eigenvalue weighted by Crippen LogP contribution is -2.27. The maximum absolute atomic E-state index is 12.6. The SMILES string of the molecule is CC(=O)c1[nH]c(C)c(C(=O)N(C)Cc2cnccn2)c1C. The normalized spacial score (nSPS) is 10.5. The Morgan fingerprint density at radius 3 is 2.52 bits per heavy atom. The minimum Gasteiger partial charge on any atom is -0.355 e. The molecule has 110 valence electrons. The first-order valence-corrected chi connectivity index (χ1v) is 6.62. The summed E-state index contributed by atoms with van der Waals surface area (Å²) in [6.45, 7) is 5.43. The van der Waals surface area contributed by atoms with Crippen LogP contribution < -0.4 is 0 Å². The Bertz CT molecular complexity index is 676. The number of Topliss-reactive ketones (excluding diaryl/α,β-unsaturated/α-hetero) is 1. The second kappa shape index (κ2) is 5.87. The van der Waals surface area contributed by atoms with Crippen molar-refractivity contribution >= 4 is 11.7 Å². The second-order valence-corrected chi connectivity index (χ2v) is 5.04. The van der Waals surface area contributed by atoms with Crippen LogP contribution in [0.2, 0.25) is 0 Å². The third-order valence-electron chi connectivity index (χ3n) is 3.37. The van der Waals surface area contributed by atoms with Crippen LogP contribution >= 0.6 is 0 Å². The van der Waals surface area contributed by atoms with E-state index < -0.39 is 0 Å². The van der Waals surface area contributed by atoms with Gasteiger partial charge in [0.15, 0.2) is 5.78 Å². The van der Waals surface area contributed by atoms with Gasteiger partial charge in [0.1, 0.15) is 0 Å². The molecule has 0 spiro atoms. The van der Waals surface area contributed by atoms with Crippen LogP contribution in [0.25, 0.3) is 0 Å². The maximum Gasteiger partial charge on any atom is 0.256 e. The third-order valence-corrected chi connectivity index (χ3v) is 3.37. The average molecular weight is 286 g/mol. The molecule has 0 aliphatic rings. The standard InChI is InChI=1S/C15H18N4O2/c1-9-13(10(2)18-14(9)11(3)20)15(21)19(4)8-12-7-16-5-6-17-12/h5-7,18H,8H2,1-4H3. The van der Waals surface area contributed by atoms with E-state index in [1.807, 2.05) is 0 Å². The number of aromatic nitrogens is 3. The van der Waals surface area contributed by atoms with E-state index in [0.717, 1.165) is 0 Å². The van der Waals surface area contributed by atoms with Gasteiger partial charge in [-0.1, -0.05) is 0 Å². The highest BCUT2D eigenvalue weighted by molar-refractivity contribution is 6.02. The number of carbonyl (C=O) groups excluding carboxylic acids is 2. The van der Waals surface area contributed by atoms with Crippen molar-refractivity contribution in [2.75, 3.05) is 7.05 Å². The summed E-state index contributed by atoms with van der Waals surface area (Å²) < 4.78 is 0. The molecular formula is C15H18N4O2. The van der Waals surface area contributed by atoms with Crippen LogP contribution in [0.5, 0.6) is 0 Å². The quantitative estimate of drug-likeness (QED) is 0.871. The molecule has 6 heteroatoms. The molecule has 21 heavy (non-hydrogen) atoms. The summed E-state index contributed by atoms with van der Waals surface area (Å²) in [5.41, 5.74) is 3.14. The van der Waals surface area contributed by atoms with Gasteiger partial charge in [-0.05, 0) is 19.4 Å². The first-order valence-electron chi connectivity index (χ1n) is 6.62. The number of nitrogens with one attached hydrogen (secondary N) is 1. The predicted octanol–water partition coefficient (Wildman–Crippen LogP) is 1.90. The van der Waals surface area contributed by atoms with E-state index in [1.54, 1.807) is 44.4 Å². The molecule has 2 aromatic rings. The van der Waals surface area contributed by atoms with Crippen molar-refractivity contribution in [3.05, 3.63) is 46.8 Å². The van der Waals surface area contributed by atoms with E-state index in [1.165, 1.54) is 6.92 Å². The van der Waals surface area contributed by atoms with Crippen molar-refractivity contribution in [2.24, 2.45) is 0 Å². The fourth-order valence-corrected chi connectivity index (χ4v) is 2.34. The highest BCUT2D eigenvalue weighted by Gasteiger charge is 2.22. The molecule has 2 rings (SSSR count). The Morgan fingerprint density at radius 2 is 2.00 bits per heavy atom. The first-order chi connectivity index (χ1) is 9.91. The fourth-order valence-electron chi connectivity index (χ4n) is 2.34. The molecule has 0 unspecified atom stereocenters. The lowest BCUT2D eigenvalue weighted by molar-refractivity contribution is 0.0782. The smallest absolute Gasteiger partial charge is 0.256 e. The zero-order chi connectivity index (χ0) is 15.6. The van der Waals surface area contributed by atoms with Crippen molar-refractivity contribution < 1.29 is 9.59 Å². The van der Waals surface area contributed by atoms with Crippen molar-refractivity contribution in [2.45, 2.75) is 27.3 Å². The van der Waals surface area contributed by atoms with Crippen molar-refractivity contribution in [3.8, 4) is 0 Å². The number of amides is 1. The van der Waals surface area contributed by atoms with E-state index in [4.69, 9.17) is 0 Å². The minimum atomic E-state index is -0.139. The third kappa shape index (κ3) is 2.99. The summed E-state index contributed by atoms with van der Waals surface area (Å²) in [5.74, 6) is -0.217. The van der Waals surface area contributed by atoms with Crippen LogP contribution in [-0.4, -0.2) is 38.6 Å². The number of hydrogen-bond donors (Lipinski definition) is 1. The molecular weight excluding hydrogens is 268 g/mol. The molecule has 0 aromatic carbocycles. The predicted molar refractivity (Wildman–Crippen MR) is 78.1 cm³/mol. The number of aromatic amines is 1. The molecule has 0 saturated heterocycles. The monoisotopic (exact) mass is 286 g/mol. The number of nitrogens with zero attached hydrogens (tertiary/aromatic N) is 3. The Kier molecular flexibility index (Phi) is 4.16. The number of aryl methyl sites for hydroxylation is 1. The van der Waals surface area contributed by atoms with Crippen molar-refractivity contribution in [1.82, 2.24) is 19.9 Å². The lowest BCUT2D eigenvalue weighted by Gasteiger charge is -2.17. The number of ketones is 1. The average Bonchev–Trinajstić information content (AvgIpc) is 2.74. The second-order valence-electron chi connectivity index (χ2n) is 5.04. The molecule has 2 aromatic heterocycles. The van der Waals surface area contributed by atoms with Gasteiger partial charge in [0, 0.05) is 32.1 Å².